The Kier molecular flexibility index (Phi) is 5.04. The highest BCUT2D eigenvalue weighted by molar-refractivity contribution is 6.61. The first-order valence-corrected chi connectivity index (χ1v) is 9.30. The lowest BCUT2D eigenvalue weighted by molar-refractivity contribution is -0.154. The van der Waals surface area contributed by atoms with Gasteiger partial charge in [-0.3, -0.25) is 4.79 Å². The second kappa shape index (κ2) is 7.49. The topological polar surface area (TPSA) is 63.2 Å². The minimum atomic E-state index is -0.693. The van der Waals surface area contributed by atoms with Gasteiger partial charge in [0.25, 0.3) is 0 Å². The molecule has 0 aromatic heterocycles. The molecule has 1 unspecified atom stereocenters. The van der Waals surface area contributed by atoms with Crippen LogP contribution >= 0.6 is 0 Å². The number of hydrogen-bond donors (Lipinski definition) is 0. The highest BCUT2D eigenvalue weighted by Gasteiger charge is 2.51. The van der Waals surface area contributed by atoms with Crippen LogP contribution in [-0.4, -0.2) is 39.5 Å². The van der Waals surface area contributed by atoms with Crippen LogP contribution in [0.2, 0.25) is 0 Å². The van der Waals surface area contributed by atoms with Crippen molar-refractivity contribution in [3.8, 4) is 11.5 Å². The first kappa shape index (κ1) is 18.8. The first-order chi connectivity index (χ1) is 13.5. The Morgan fingerprint density at radius 2 is 1.86 bits per heavy atom. The lowest BCUT2D eigenvalue weighted by Gasteiger charge is -2.48. The number of ether oxygens (including phenoxy) is 3. The van der Waals surface area contributed by atoms with E-state index in [1.807, 2.05) is 42.5 Å². The fraction of sp³-hybridized carbons (Fsp3) is 0.381. The second-order valence-electron chi connectivity index (χ2n) is 7.19. The van der Waals surface area contributed by atoms with Gasteiger partial charge in [-0.15, -0.1) is 0 Å². The average molecular weight is 382 g/mol. The molecule has 6 nitrogen and oxygen atoms in total. The first-order valence-electron chi connectivity index (χ1n) is 9.30. The minimum Gasteiger partial charge on any atom is -0.496 e. The molecular formula is C21H23BO6. The van der Waals surface area contributed by atoms with Gasteiger partial charge >= 0.3 is 13.1 Å². The summed E-state index contributed by atoms with van der Waals surface area (Å²) < 4.78 is 29.4. The molecule has 7 heteroatoms. The van der Waals surface area contributed by atoms with Crippen LogP contribution in [0.15, 0.2) is 42.5 Å². The second-order valence-corrected chi connectivity index (χ2v) is 7.19. The summed E-state index contributed by atoms with van der Waals surface area (Å²) in [6, 6.07) is 13.6. The van der Waals surface area contributed by atoms with E-state index in [1.165, 1.54) is 6.92 Å². The molecule has 1 fully saturated rings. The number of carbonyl (C=O) groups excluding carboxylic acids is 1. The van der Waals surface area contributed by atoms with Gasteiger partial charge in [0.15, 0.2) is 0 Å². The van der Waals surface area contributed by atoms with E-state index < -0.39 is 12.7 Å². The normalized spacial score (nSPS) is 23.0. The summed E-state index contributed by atoms with van der Waals surface area (Å²) in [6.07, 6.45) is 0.850. The van der Waals surface area contributed by atoms with Crippen molar-refractivity contribution in [2.45, 2.75) is 31.5 Å². The number of fused-ring (bicyclic) bond motifs is 4. The summed E-state index contributed by atoms with van der Waals surface area (Å²) in [4.78, 5) is 11.5. The molecule has 1 heterocycles. The van der Waals surface area contributed by atoms with Gasteiger partial charge in [0.1, 0.15) is 18.1 Å². The maximum Gasteiger partial charge on any atom is 0.494 e. The molecule has 2 aliphatic rings. The molecule has 2 bridgehead atoms. The Morgan fingerprint density at radius 3 is 2.54 bits per heavy atom. The van der Waals surface area contributed by atoms with Crippen molar-refractivity contribution in [2.24, 2.45) is 0 Å². The summed E-state index contributed by atoms with van der Waals surface area (Å²) in [6.45, 7) is 1.56. The van der Waals surface area contributed by atoms with E-state index in [0.29, 0.717) is 12.8 Å². The van der Waals surface area contributed by atoms with Crippen molar-refractivity contribution in [3.63, 3.8) is 0 Å². The zero-order valence-electron chi connectivity index (χ0n) is 16.3. The summed E-state index contributed by atoms with van der Waals surface area (Å²) in [7, 11) is 2.73. The molecule has 2 aromatic rings. The summed E-state index contributed by atoms with van der Waals surface area (Å²) in [5.41, 5.74) is 2.17. The molecular weight excluding hydrogens is 359 g/mol. The summed E-state index contributed by atoms with van der Waals surface area (Å²) in [5, 5.41) is 0. The van der Waals surface area contributed by atoms with Crippen LogP contribution in [0.5, 0.6) is 11.5 Å². The Labute approximate surface area is 164 Å². The van der Waals surface area contributed by atoms with Gasteiger partial charge < -0.3 is 23.5 Å². The molecule has 2 atom stereocenters. The van der Waals surface area contributed by atoms with Gasteiger partial charge in [-0.25, -0.2) is 0 Å². The van der Waals surface area contributed by atoms with Crippen molar-refractivity contribution in [1.29, 1.82) is 0 Å². The molecule has 146 valence electrons. The molecule has 1 aliphatic heterocycles. The lowest BCUT2D eigenvalue weighted by Crippen LogP contribution is -2.57. The molecule has 0 spiro atoms. The summed E-state index contributed by atoms with van der Waals surface area (Å²) in [5.74, 6) is 1.18. The molecule has 0 N–H and O–H groups in total. The molecule has 28 heavy (non-hydrogen) atoms. The van der Waals surface area contributed by atoms with Crippen LogP contribution in [0.1, 0.15) is 30.6 Å². The smallest absolute Gasteiger partial charge is 0.494 e. The van der Waals surface area contributed by atoms with Gasteiger partial charge in [-0.2, -0.15) is 0 Å². The molecule has 1 saturated heterocycles. The van der Waals surface area contributed by atoms with Crippen LogP contribution in [0.3, 0.4) is 0 Å². The Bertz CT molecular complexity index is 871. The molecule has 0 radical (unpaired) electrons. The molecule has 0 saturated carbocycles. The number of esters is 1. The Hall–Kier alpha value is -2.51. The predicted molar refractivity (Wildman–Crippen MR) is 104 cm³/mol. The predicted octanol–water partition coefficient (Wildman–Crippen LogP) is 2.44. The van der Waals surface area contributed by atoms with Crippen LogP contribution in [0, 0.1) is 0 Å². The third kappa shape index (κ3) is 3.36. The third-order valence-corrected chi connectivity index (χ3v) is 5.35. The maximum absolute atomic E-state index is 11.5. The van der Waals surface area contributed by atoms with Crippen LogP contribution in [0.25, 0.3) is 0 Å². The van der Waals surface area contributed by atoms with E-state index in [4.69, 9.17) is 23.5 Å². The summed E-state index contributed by atoms with van der Waals surface area (Å²) >= 11 is 0. The average Bonchev–Trinajstić information content (AvgIpc) is 2.72. The van der Waals surface area contributed by atoms with Crippen LogP contribution in [-0.2, 0) is 25.3 Å². The van der Waals surface area contributed by atoms with Gasteiger partial charge in [0.05, 0.1) is 25.9 Å². The van der Waals surface area contributed by atoms with Crippen LogP contribution < -0.4 is 14.9 Å². The largest absolute Gasteiger partial charge is 0.496 e. The van der Waals surface area contributed by atoms with E-state index in [-0.39, 0.29) is 18.7 Å². The Balaban J connectivity index is 1.79. The third-order valence-electron chi connectivity index (χ3n) is 5.35. The zero-order valence-corrected chi connectivity index (χ0v) is 16.3. The van der Waals surface area contributed by atoms with Gasteiger partial charge in [-0.05, 0) is 17.6 Å². The fourth-order valence-corrected chi connectivity index (χ4v) is 4.11. The van der Waals surface area contributed by atoms with Crippen molar-refractivity contribution >= 4 is 18.6 Å². The van der Waals surface area contributed by atoms with Gasteiger partial charge in [0.2, 0.25) is 0 Å². The standard InChI is InChI=1S/C21H23BO6/c1-14(23)26-13-21-11-16-17(24-2)9-10-18(25-3)20(16)19(12-21)27-22(28-21)15-7-5-4-6-8-15/h4-10,19H,11-13H2,1-3H3/t19?,21-/m0/s1. The highest BCUT2D eigenvalue weighted by Crippen LogP contribution is 2.50. The van der Waals surface area contributed by atoms with E-state index >= 15 is 0 Å². The van der Waals surface area contributed by atoms with Crippen molar-refractivity contribution in [3.05, 3.63) is 53.6 Å². The molecule has 0 amide bonds. The van der Waals surface area contributed by atoms with E-state index in [1.54, 1.807) is 14.2 Å². The molecule has 2 aromatic carbocycles. The van der Waals surface area contributed by atoms with E-state index in [2.05, 4.69) is 0 Å². The van der Waals surface area contributed by atoms with E-state index in [0.717, 1.165) is 28.1 Å². The minimum absolute atomic E-state index is 0.158. The van der Waals surface area contributed by atoms with Crippen molar-refractivity contribution in [2.75, 3.05) is 20.8 Å². The SMILES string of the molecule is COc1ccc(OC)c2c1C[C@@]1(COC(C)=O)CC2OB(c2ccccc2)O1. The number of carbonyl (C=O) groups is 1. The Morgan fingerprint density at radius 1 is 1.14 bits per heavy atom. The van der Waals surface area contributed by atoms with Gasteiger partial charge in [0, 0.05) is 30.9 Å². The van der Waals surface area contributed by atoms with E-state index in [9.17, 15) is 4.79 Å². The molecule has 1 aliphatic carbocycles. The van der Waals surface area contributed by atoms with Crippen LogP contribution in [0.4, 0.5) is 0 Å². The lowest BCUT2D eigenvalue weighted by atomic mass is 9.69. The fourth-order valence-electron chi connectivity index (χ4n) is 4.11. The highest BCUT2D eigenvalue weighted by atomic mass is 16.6. The van der Waals surface area contributed by atoms with Gasteiger partial charge in [-0.1, -0.05) is 30.3 Å². The van der Waals surface area contributed by atoms with Crippen molar-refractivity contribution < 1.29 is 28.3 Å². The number of methoxy groups -OCH3 is 2. The number of benzene rings is 2. The maximum atomic E-state index is 11.5. The zero-order chi connectivity index (χ0) is 19.7. The number of hydrogen-bond acceptors (Lipinski definition) is 6. The monoisotopic (exact) mass is 382 g/mol. The van der Waals surface area contributed by atoms with Crippen molar-refractivity contribution in [1.82, 2.24) is 0 Å². The number of rotatable bonds is 5. The molecule has 4 rings (SSSR count). The quantitative estimate of drug-likeness (QED) is 0.585.